The molecule has 0 saturated carbocycles. The highest BCUT2D eigenvalue weighted by Gasteiger charge is 2.23. The number of hydrogen-bond donors (Lipinski definition) is 0. The van der Waals surface area contributed by atoms with E-state index in [2.05, 4.69) is 30.9 Å². The van der Waals surface area contributed by atoms with E-state index >= 15 is 0 Å². The summed E-state index contributed by atoms with van der Waals surface area (Å²) in [6.07, 6.45) is 9.64. The van der Waals surface area contributed by atoms with E-state index in [0.29, 0.717) is 12.5 Å². The summed E-state index contributed by atoms with van der Waals surface area (Å²) < 4.78 is 12.3. The van der Waals surface area contributed by atoms with Crippen molar-refractivity contribution in [3.8, 4) is 0 Å². The molecule has 0 aromatic rings. The summed E-state index contributed by atoms with van der Waals surface area (Å²) in [5.41, 5.74) is 3.23. The third-order valence-electron chi connectivity index (χ3n) is 4.47. The predicted octanol–water partition coefficient (Wildman–Crippen LogP) is 3.97. The van der Waals surface area contributed by atoms with Crippen LogP contribution in [0.1, 0.15) is 39.5 Å². The van der Waals surface area contributed by atoms with Gasteiger partial charge in [0.05, 0.1) is 0 Å². The lowest BCUT2D eigenvalue weighted by atomic mass is 9.81. The van der Waals surface area contributed by atoms with Gasteiger partial charge in [-0.2, -0.15) is 0 Å². The SMILES string of the molecule is CC(C)C1=CC=C(C2CCN(CCF)CC2)CC1. The first-order valence-corrected chi connectivity index (χ1v) is 7.38. The van der Waals surface area contributed by atoms with Crippen LogP contribution < -0.4 is 0 Å². The van der Waals surface area contributed by atoms with Gasteiger partial charge in [-0.1, -0.05) is 37.1 Å². The molecule has 0 aromatic carbocycles. The summed E-state index contributed by atoms with van der Waals surface area (Å²) in [5.74, 6) is 1.44. The molecule has 0 atom stereocenters. The molecular formula is C16H26FN. The van der Waals surface area contributed by atoms with Gasteiger partial charge in [0, 0.05) is 6.54 Å². The average Bonchev–Trinajstić information content (AvgIpc) is 2.40. The Morgan fingerprint density at radius 3 is 2.44 bits per heavy atom. The molecule has 1 aliphatic carbocycles. The molecule has 102 valence electrons. The van der Waals surface area contributed by atoms with Crippen LogP contribution in [0, 0.1) is 11.8 Å². The van der Waals surface area contributed by atoms with Gasteiger partial charge in [0.2, 0.25) is 0 Å². The van der Waals surface area contributed by atoms with Crippen molar-refractivity contribution >= 4 is 0 Å². The summed E-state index contributed by atoms with van der Waals surface area (Å²) in [5, 5.41) is 0. The minimum absolute atomic E-state index is 0.201. The molecule has 1 aliphatic heterocycles. The Bertz CT molecular complexity index is 322. The van der Waals surface area contributed by atoms with Crippen molar-refractivity contribution < 1.29 is 4.39 Å². The lowest BCUT2D eigenvalue weighted by molar-refractivity contribution is 0.184. The first-order chi connectivity index (χ1) is 8.70. The van der Waals surface area contributed by atoms with E-state index in [0.717, 1.165) is 19.0 Å². The number of nitrogens with zero attached hydrogens (tertiary/aromatic N) is 1. The Balaban J connectivity index is 1.87. The van der Waals surface area contributed by atoms with Crippen LogP contribution in [0.2, 0.25) is 0 Å². The van der Waals surface area contributed by atoms with E-state index in [9.17, 15) is 4.39 Å². The Morgan fingerprint density at radius 2 is 1.94 bits per heavy atom. The minimum Gasteiger partial charge on any atom is -0.301 e. The van der Waals surface area contributed by atoms with Crippen molar-refractivity contribution in [2.24, 2.45) is 11.8 Å². The second-order valence-corrected chi connectivity index (χ2v) is 5.94. The van der Waals surface area contributed by atoms with Crippen molar-refractivity contribution in [2.75, 3.05) is 26.3 Å². The Labute approximate surface area is 111 Å². The first kappa shape index (κ1) is 13.8. The number of halogens is 1. The summed E-state index contributed by atoms with van der Waals surface area (Å²) >= 11 is 0. The topological polar surface area (TPSA) is 3.24 Å². The Kier molecular flexibility index (Phi) is 4.99. The average molecular weight is 251 g/mol. The molecule has 0 spiro atoms. The normalized spacial score (nSPS) is 23.1. The van der Waals surface area contributed by atoms with Crippen molar-refractivity contribution in [3.05, 3.63) is 23.3 Å². The van der Waals surface area contributed by atoms with Crippen LogP contribution in [0.15, 0.2) is 23.3 Å². The van der Waals surface area contributed by atoms with Crippen LogP contribution in [-0.4, -0.2) is 31.2 Å². The molecule has 0 unspecified atom stereocenters. The number of allylic oxidation sites excluding steroid dienone is 4. The van der Waals surface area contributed by atoms with Gasteiger partial charge in [0.15, 0.2) is 0 Å². The lowest BCUT2D eigenvalue weighted by Gasteiger charge is -2.33. The predicted molar refractivity (Wildman–Crippen MR) is 75.4 cm³/mol. The van der Waals surface area contributed by atoms with Gasteiger partial charge in [-0.05, 0) is 50.6 Å². The van der Waals surface area contributed by atoms with Crippen molar-refractivity contribution in [1.82, 2.24) is 4.90 Å². The van der Waals surface area contributed by atoms with Gasteiger partial charge in [-0.3, -0.25) is 0 Å². The Hall–Kier alpha value is -0.630. The molecule has 1 fully saturated rings. The van der Waals surface area contributed by atoms with Gasteiger partial charge in [0.25, 0.3) is 0 Å². The van der Waals surface area contributed by atoms with Crippen molar-refractivity contribution in [1.29, 1.82) is 0 Å². The van der Waals surface area contributed by atoms with E-state index in [1.54, 1.807) is 11.1 Å². The third kappa shape index (κ3) is 3.44. The van der Waals surface area contributed by atoms with Gasteiger partial charge >= 0.3 is 0 Å². The summed E-state index contributed by atoms with van der Waals surface area (Å²) in [6.45, 7) is 7.14. The highest BCUT2D eigenvalue weighted by Crippen LogP contribution is 2.33. The van der Waals surface area contributed by atoms with Crippen molar-refractivity contribution in [3.63, 3.8) is 0 Å². The first-order valence-electron chi connectivity index (χ1n) is 7.38. The van der Waals surface area contributed by atoms with Crippen LogP contribution in [0.25, 0.3) is 0 Å². The molecule has 1 saturated heterocycles. The van der Waals surface area contributed by atoms with E-state index < -0.39 is 0 Å². The number of piperidine rings is 1. The molecule has 0 amide bonds. The molecule has 0 radical (unpaired) electrons. The second kappa shape index (κ2) is 6.51. The van der Waals surface area contributed by atoms with Crippen LogP contribution in [-0.2, 0) is 0 Å². The zero-order valence-electron chi connectivity index (χ0n) is 11.8. The third-order valence-corrected chi connectivity index (χ3v) is 4.47. The number of hydrogen-bond acceptors (Lipinski definition) is 1. The molecular weight excluding hydrogens is 225 g/mol. The molecule has 2 aliphatic rings. The summed E-state index contributed by atoms with van der Waals surface area (Å²) in [4.78, 5) is 2.26. The van der Waals surface area contributed by atoms with E-state index in [-0.39, 0.29) is 6.67 Å². The molecule has 0 bridgehead atoms. The molecule has 18 heavy (non-hydrogen) atoms. The number of likely N-dealkylation sites (tertiary alicyclic amines) is 1. The largest absolute Gasteiger partial charge is 0.301 e. The second-order valence-electron chi connectivity index (χ2n) is 5.94. The molecule has 2 rings (SSSR count). The van der Waals surface area contributed by atoms with Crippen LogP contribution >= 0.6 is 0 Å². The van der Waals surface area contributed by atoms with E-state index in [1.807, 2.05) is 0 Å². The van der Waals surface area contributed by atoms with Crippen molar-refractivity contribution in [2.45, 2.75) is 39.5 Å². The maximum absolute atomic E-state index is 12.3. The fourth-order valence-corrected chi connectivity index (χ4v) is 3.14. The van der Waals surface area contributed by atoms with Crippen LogP contribution in [0.3, 0.4) is 0 Å². The number of rotatable bonds is 4. The maximum atomic E-state index is 12.3. The molecule has 2 heteroatoms. The monoisotopic (exact) mass is 251 g/mol. The van der Waals surface area contributed by atoms with Crippen LogP contribution in [0.4, 0.5) is 4.39 Å². The quantitative estimate of drug-likeness (QED) is 0.730. The summed E-state index contributed by atoms with van der Waals surface area (Å²) in [7, 11) is 0. The van der Waals surface area contributed by atoms with Gasteiger partial charge in [-0.15, -0.1) is 0 Å². The van der Waals surface area contributed by atoms with Gasteiger partial charge in [0.1, 0.15) is 6.67 Å². The molecule has 1 nitrogen and oxygen atoms in total. The summed E-state index contributed by atoms with van der Waals surface area (Å²) in [6, 6.07) is 0. The lowest BCUT2D eigenvalue weighted by Crippen LogP contribution is -2.35. The van der Waals surface area contributed by atoms with E-state index in [4.69, 9.17) is 0 Å². The van der Waals surface area contributed by atoms with E-state index in [1.165, 1.54) is 25.7 Å². The zero-order chi connectivity index (χ0) is 13.0. The molecule has 0 N–H and O–H groups in total. The van der Waals surface area contributed by atoms with Crippen LogP contribution in [0.5, 0.6) is 0 Å². The number of alkyl halides is 1. The standard InChI is InChI=1S/C16H26FN/c1-13(2)14-3-5-15(6-4-14)16-7-10-18(11-8-16)12-9-17/h3,5,13,16H,4,6-12H2,1-2H3. The smallest absolute Gasteiger partial charge is 0.102 e. The zero-order valence-corrected chi connectivity index (χ0v) is 11.8. The molecule has 0 aromatic heterocycles. The minimum atomic E-state index is -0.201. The maximum Gasteiger partial charge on any atom is 0.102 e. The fraction of sp³-hybridized carbons (Fsp3) is 0.750. The fourth-order valence-electron chi connectivity index (χ4n) is 3.14. The highest BCUT2D eigenvalue weighted by molar-refractivity contribution is 5.26. The molecule has 1 heterocycles. The Morgan fingerprint density at radius 1 is 1.22 bits per heavy atom. The van der Waals surface area contributed by atoms with Gasteiger partial charge in [-0.25, -0.2) is 4.39 Å². The van der Waals surface area contributed by atoms with Gasteiger partial charge < -0.3 is 4.90 Å². The highest BCUT2D eigenvalue weighted by atomic mass is 19.1.